The van der Waals surface area contributed by atoms with Gasteiger partial charge in [-0.3, -0.25) is 9.59 Å². The van der Waals surface area contributed by atoms with E-state index in [-0.39, 0.29) is 24.3 Å². The van der Waals surface area contributed by atoms with Crippen molar-refractivity contribution in [2.75, 3.05) is 43.0 Å². The minimum atomic E-state index is -0.300. The minimum absolute atomic E-state index is 0.00274. The van der Waals surface area contributed by atoms with Gasteiger partial charge in [-0.05, 0) is 49.2 Å². The molecule has 1 saturated heterocycles. The van der Waals surface area contributed by atoms with E-state index in [2.05, 4.69) is 10.2 Å². The van der Waals surface area contributed by atoms with Gasteiger partial charge in [0.05, 0.1) is 15.7 Å². The van der Waals surface area contributed by atoms with Crippen molar-refractivity contribution in [1.82, 2.24) is 4.90 Å². The number of carbonyl (C=O) groups is 2. The molecule has 8 heteroatoms. The van der Waals surface area contributed by atoms with Crippen molar-refractivity contribution in [3.05, 3.63) is 51.5 Å². The van der Waals surface area contributed by atoms with Crippen molar-refractivity contribution < 1.29 is 14.3 Å². The van der Waals surface area contributed by atoms with Crippen LogP contribution in [0.25, 0.3) is 0 Å². The smallest absolute Gasteiger partial charge is 0.262 e. The van der Waals surface area contributed by atoms with Crippen molar-refractivity contribution in [3.63, 3.8) is 0 Å². The molecule has 2 amide bonds. The monoisotopic (exact) mass is 477 g/mol. The van der Waals surface area contributed by atoms with Gasteiger partial charge in [0.1, 0.15) is 5.75 Å². The van der Waals surface area contributed by atoms with E-state index in [1.54, 1.807) is 12.1 Å². The maximum Gasteiger partial charge on any atom is 0.262 e. The molecule has 0 saturated carbocycles. The fourth-order valence-corrected chi connectivity index (χ4v) is 4.47. The Hall–Kier alpha value is -2.44. The number of benzene rings is 2. The first-order valence-corrected chi connectivity index (χ1v) is 11.4. The van der Waals surface area contributed by atoms with Gasteiger partial charge in [-0.25, -0.2) is 0 Å². The number of aryl methyl sites for hydroxylation is 2. The van der Waals surface area contributed by atoms with Crippen LogP contribution in [-0.4, -0.2) is 49.5 Å². The number of anilines is 2. The highest BCUT2D eigenvalue weighted by atomic mass is 35.5. The zero-order valence-corrected chi connectivity index (χ0v) is 20.4. The van der Waals surface area contributed by atoms with Gasteiger partial charge >= 0.3 is 0 Å². The maximum absolute atomic E-state index is 12.4. The first-order chi connectivity index (χ1) is 15.2. The molecule has 0 aliphatic carbocycles. The second kappa shape index (κ2) is 10.5. The Labute approximate surface area is 199 Å². The molecule has 1 N–H and O–H groups in total. The molecule has 6 nitrogen and oxygen atoms in total. The molecule has 32 heavy (non-hydrogen) atoms. The Balaban J connectivity index is 1.56. The average molecular weight is 478 g/mol. The number of piperazine rings is 1. The summed E-state index contributed by atoms with van der Waals surface area (Å²) in [6, 6.07) is 9.19. The van der Waals surface area contributed by atoms with Gasteiger partial charge in [0.25, 0.3) is 5.91 Å². The van der Waals surface area contributed by atoms with Crippen molar-refractivity contribution in [2.24, 2.45) is 5.92 Å². The van der Waals surface area contributed by atoms with Crippen molar-refractivity contribution in [3.8, 4) is 5.75 Å². The molecule has 172 valence electrons. The third-order valence-corrected chi connectivity index (χ3v) is 5.96. The number of ether oxygens (including phenoxy) is 1. The van der Waals surface area contributed by atoms with Gasteiger partial charge in [-0.2, -0.15) is 0 Å². The molecule has 2 aromatic rings. The van der Waals surface area contributed by atoms with Gasteiger partial charge < -0.3 is 19.9 Å². The molecule has 1 aliphatic rings. The van der Waals surface area contributed by atoms with Gasteiger partial charge in [-0.15, -0.1) is 0 Å². The van der Waals surface area contributed by atoms with E-state index in [0.29, 0.717) is 47.7 Å². The third-order valence-electron chi connectivity index (χ3n) is 5.38. The van der Waals surface area contributed by atoms with Crippen LogP contribution in [0.15, 0.2) is 30.3 Å². The predicted molar refractivity (Wildman–Crippen MR) is 130 cm³/mol. The van der Waals surface area contributed by atoms with E-state index in [1.807, 2.05) is 50.8 Å². The molecule has 1 heterocycles. The number of amides is 2. The van der Waals surface area contributed by atoms with Crippen LogP contribution < -0.4 is 15.0 Å². The standard InChI is InChI=1S/C24H29Cl2N3O3/c1-15(2)24(31)29-9-7-28(8-10-29)21-6-5-18(13-19(21)25)27-22(30)14-32-23-17(4)11-16(3)12-20(23)26/h5-6,11-13,15H,7-10,14H2,1-4H3,(H,27,30). The second-order valence-corrected chi connectivity index (χ2v) is 9.18. The van der Waals surface area contributed by atoms with E-state index < -0.39 is 0 Å². The fraction of sp³-hybridized carbons (Fsp3) is 0.417. The van der Waals surface area contributed by atoms with E-state index in [0.717, 1.165) is 16.8 Å². The molecule has 1 fully saturated rings. The Morgan fingerprint density at radius 2 is 1.72 bits per heavy atom. The second-order valence-electron chi connectivity index (χ2n) is 8.36. The third kappa shape index (κ3) is 5.87. The van der Waals surface area contributed by atoms with Gasteiger partial charge in [0.15, 0.2) is 6.61 Å². The number of hydrogen-bond acceptors (Lipinski definition) is 4. The Kier molecular flexibility index (Phi) is 7.91. The SMILES string of the molecule is Cc1cc(C)c(OCC(=O)Nc2ccc(N3CCN(C(=O)C(C)C)CC3)c(Cl)c2)c(Cl)c1. The zero-order valence-electron chi connectivity index (χ0n) is 18.9. The number of nitrogens with one attached hydrogen (secondary N) is 1. The number of hydrogen-bond donors (Lipinski definition) is 1. The summed E-state index contributed by atoms with van der Waals surface area (Å²) in [6.45, 7) is 10.3. The van der Waals surface area contributed by atoms with Crippen LogP contribution in [0.2, 0.25) is 10.0 Å². The first-order valence-electron chi connectivity index (χ1n) is 10.7. The summed E-state index contributed by atoms with van der Waals surface area (Å²) in [4.78, 5) is 28.6. The summed E-state index contributed by atoms with van der Waals surface area (Å²) < 4.78 is 5.63. The number of halogens is 2. The zero-order chi connectivity index (χ0) is 23.4. The van der Waals surface area contributed by atoms with Crippen molar-refractivity contribution >= 4 is 46.4 Å². The highest BCUT2D eigenvalue weighted by Gasteiger charge is 2.24. The lowest BCUT2D eigenvalue weighted by molar-refractivity contribution is -0.134. The molecule has 0 aromatic heterocycles. The van der Waals surface area contributed by atoms with Crippen molar-refractivity contribution in [2.45, 2.75) is 27.7 Å². The summed E-state index contributed by atoms with van der Waals surface area (Å²) in [5.74, 6) is 0.391. The topological polar surface area (TPSA) is 61.9 Å². The maximum atomic E-state index is 12.4. The largest absolute Gasteiger partial charge is 0.482 e. The van der Waals surface area contributed by atoms with E-state index in [1.165, 1.54) is 0 Å². The molecule has 0 unspecified atom stereocenters. The lowest BCUT2D eigenvalue weighted by atomic mass is 10.1. The molecule has 0 radical (unpaired) electrons. The number of rotatable bonds is 6. The first kappa shape index (κ1) is 24.2. The Morgan fingerprint density at radius 1 is 1.03 bits per heavy atom. The minimum Gasteiger partial charge on any atom is -0.482 e. The summed E-state index contributed by atoms with van der Waals surface area (Å²) in [5, 5.41) is 3.84. The van der Waals surface area contributed by atoms with Gasteiger partial charge in [0, 0.05) is 37.8 Å². The van der Waals surface area contributed by atoms with Crippen LogP contribution >= 0.6 is 23.2 Å². The molecule has 3 rings (SSSR count). The summed E-state index contributed by atoms with van der Waals surface area (Å²) >= 11 is 12.7. The predicted octanol–water partition coefficient (Wildman–Crippen LogP) is 4.93. The Bertz CT molecular complexity index is 979. The number of nitrogens with zero attached hydrogens (tertiary/aromatic N) is 2. The van der Waals surface area contributed by atoms with Crippen LogP contribution in [0.4, 0.5) is 11.4 Å². The van der Waals surface area contributed by atoms with Crippen LogP contribution in [0.5, 0.6) is 5.75 Å². The Morgan fingerprint density at radius 3 is 2.31 bits per heavy atom. The molecule has 2 aromatic carbocycles. The van der Waals surface area contributed by atoms with Crippen LogP contribution in [0.3, 0.4) is 0 Å². The van der Waals surface area contributed by atoms with Crippen LogP contribution in [-0.2, 0) is 9.59 Å². The van der Waals surface area contributed by atoms with E-state index >= 15 is 0 Å². The molecule has 0 spiro atoms. The summed E-state index contributed by atoms with van der Waals surface area (Å²) in [6.07, 6.45) is 0. The molecular formula is C24H29Cl2N3O3. The lowest BCUT2D eigenvalue weighted by Gasteiger charge is -2.37. The average Bonchev–Trinajstić information content (AvgIpc) is 2.72. The highest BCUT2D eigenvalue weighted by molar-refractivity contribution is 6.33. The van der Waals surface area contributed by atoms with E-state index in [4.69, 9.17) is 27.9 Å². The molecule has 0 bridgehead atoms. The van der Waals surface area contributed by atoms with Crippen molar-refractivity contribution in [1.29, 1.82) is 0 Å². The summed E-state index contributed by atoms with van der Waals surface area (Å²) in [7, 11) is 0. The van der Waals surface area contributed by atoms with E-state index in [9.17, 15) is 9.59 Å². The van der Waals surface area contributed by atoms with Crippen LogP contribution in [0.1, 0.15) is 25.0 Å². The fourth-order valence-electron chi connectivity index (χ4n) is 3.79. The quantitative estimate of drug-likeness (QED) is 0.640. The molecular weight excluding hydrogens is 449 g/mol. The van der Waals surface area contributed by atoms with Crippen LogP contribution in [0, 0.1) is 19.8 Å². The molecule has 1 aliphatic heterocycles. The lowest BCUT2D eigenvalue weighted by Crippen LogP contribution is -2.50. The van der Waals surface area contributed by atoms with Gasteiger partial charge in [-0.1, -0.05) is 43.1 Å². The highest BCUT2D eigenvalue weighted by Crippen LogP contribution is 2.31. The summed E-state index contributed by atoms with van der Waals surface area (Å²) in [5.41, 5.74) is 3.39. The number of carbonyl (C=O) groups excluding carboxylic acids is 2. The molecule has 0 atom stereocenters. The normalized spacial score (nSPS) is 14.0. The van der Waals surface area contributed by atoms with Gasteiger partial charge in [0.2, 0.25) is 5.91 Å².